The predicted octanol–water partition coefficient (Wildman–Crippen LogP) is 3.56. The lowest BCUT2D eigenvalue weighted by atomic mass is 9.98. The third-order valence-electron chi connectivity index (χ3n) is 3.53. The van der Waals surface area contributed by atoms with Gasteiger partial charge in [0, 0.05) is 18.6 Å². The van der Waals surface area contributed by atoms with E-state index in [-0.39, 0.29) is 0 Å². The van der Waals surface area contributed by atoms with E-state index in [1.807, 2.05) is 6.92 Å². The molecule has 0 aromatic carbocycles. The van der Waals surface area contributed by atoms with Gasteiger partial charge >= 0.3 is 0 Å². The quantitative estimate of drug-likeness (QED) is 0.615. The van der Waals surface area contributed by atoms with E-state index in [1.54, 1.807) is 0 Å². The van der Waals surface area contributed by atoms with Crippen molar-refractivity contribution in [2.24, 2.45) is 0 Å². The zero-order valence-electron chi connectivity index (χ0n) is 13.8. The molecule has 112 valence electrons. The Labute approximate surface area is 120 Å². The minimum absolute atomic E-state index is 0.345. The second kappa shape index (κ2) is 9.34. The number of rotatable bonds is 10. The Morgan fingerprint density at radius 2 is 1.79 bits per heavy atom. The Morgan fingerprint density at radius 3 is 2.21 bits per heavy atom. The Balaban J connectivity index is 4.32. The van der Waals surface area contributed by atoms with E-state index in [0.717, 1.165) is 19.5 Å². The fourth-order valence-electron chi connectivity index (χ4n) is 2.36. The maximum Gasteiger partial charge on any atom is 0.105 e. The molecule has 3 nitrogen and oxygen atoms in total. The molecule has 0 amide bonds. The molecule has 1 N–H and O–H groups in total. The van der Waals surface area contributed by atoms with Gasteiger partial charge in [0.1, 0.15) is 5.54 Å². The highest BCUT2D eigenvalue weighted by Gasteiger charge is 2.25. The van der Waals surface area contributed by atoms with Gasteiger partial charge in [0.15, 0.2) is 0 Å². The summed E-state index contributed by atoms with van der Waals surface area (Å²) in [4.78, 5) is 2.49. The summed E-state index contributed by atoms with van der Waals surface area (Å²) in [5.41, 5.74) is -0.411. The van der Waals surface area contributed by atoms with Crippen LogP contribution in [0.15, 0.2) is 0 Å². The maximum atomic E-state index is 9.37. The first-order valence-corrected chi connectivity index (χ1v) is 7.77. The van der Waals surface area contributed by atoms with Gasteiger partial charge in [0.25, 0.3) is 0 Å². The molecule has 0 saturated heterocycles. The third kappa shape index (κ3) is 8.23. The van der Waals surface area contributed by atoms with Gasteiger partial charge < -0.3 is 4.90 Å². The summed E-state index contributed by atoms with van der Waals surface area (Å²) in [7, 11) is 0. The predicted molar refractivity (Wildman–Crippen MR) is 83.1 cm³/mol. The van der Waals surface area contributed by atoms with Crippen LogP contribution in [0, 0.1) is 11.3 Å². The number of nitriles is 1. The molecule has 1 unspecified atom stereocenters. The Morgan fingerprint density at radius 1 is 1.16 bits per heavy atom. The van der Waals surface area contributed by atoms with Crippen molar-refractivity contribution < 1.29 is 0 Å². The van der Waals surface area contributed by atoms with Gasteiger partial charge in [-0.2, -0.15) is 5.26 Å². The van der Waals surface area contributed by atoms with E-state index in [0.29, 0.717) is 12.1 Å². The Hall–Kier alpha value is -0.590. The molecular formula is C16H33N3. The van der Waals surface area contributed by atoms with Gasteiger partial charge in [-0.25, -0.2) is 0 Å². The molecule has 19 heavy (non-hydrogen) atoms. The summed E-state index contributed by atoms with van der Waals surface area (Å²) in [6.07, 6.45) is 4.70. The van der Waals surface area contributed by atoms with Crippen LogP contribution in [0.3, 0.4) is 0 Å². The second-order valence-electron chi connectivity index (χ2n) is 6.33. The normalized spacial score (nSPS) is 14.9. The smallest absolute Gasteiger partial charge is 0.105 e. The van der Waals surface area contributed by atoms with Crippen LogP contribution in [-0.2, 0) is 0 Å². The molecule has 0 fully saturated rings. The molecule has 0 aliphatic rings. The van der Waals surface area contributed by atoms with E-state index in [9.17, 15) is 5.26 Å². The molecule has 0 rings (SSSR count). The Bertz CT molecular complexity index is 268. The molecule has 0 spiro atoms. The highest BCUT2D eigenvalue weighted by molar-refractivity contribution is 5.04. The number of hydrogen-bond acceptors (Lipinski definition) is 3. The molecular weight excluding hydrogens is 234 g/mol. The first-order chi connectivity index (χ1) is 8.84. The Kier molecular flexibility index (Phi) is 9.05. The monoisotopic (exact) mass is 267 g/mol. The van der Waals surface area contributed by atoms with Crippen molar-refractivity contribution in [2.45, 2.75) is 84.8 Å². The molecule has 0 aliphatic carbocycles. The first-order valence-electron chi connectivity index (χ1n) is 7.77. The van der Waals surface area contributed by atoms with Crippen LogP contribution >= 0.6 is 0 Å². The largest absolute Gasteiger partial charge is 0.301 e. The highest BCUT2D eigenvalue weighted by Crippen LogP contribution is 2.13. The second-order valence-corrected chi connectivity index (χ2v) is 6.33. The van der Waals surface area contributed by atoms with Crippen LogP contribution in [-0.4, -0.2) is 35.6 Å². The molecule has 0 bridgehead atoms. The molecule has 1 atom stereocenters. The van der Waals surface area contributed by atoms with E-state index in [2.05, 4.69) is 50.9 Å². The van der Waals surface area contributed by atoms with Crippen LogP contribution in [0.5, 0.6) is 0 Å². The van der Waals surface area contributed by atoms with Crippen molar-refractivity contribution in [3.63, 3.8) is 0 Å². The third-order valence-corrected chi connectivity index (χ3v) is 3.53. The maximum absolute atomic E-state index is 9.37. The number of nitrogens with zero attached hydrogens (tertiary/aromatic N) is 2. The van der Waals surface area contributed by atoms with Crippen LogP contribution in [0.4, 0.5) is 0 Å². The fraction of sp³-hybridized carbons (Fsp3) is 0.938. The van der Waals surface area contributed by atoms with Crippen molar-refractivity contribution in [3.8, 4) is 6.07 Å². The lowest BCUT2D eigenvalue weighted by Crippen LogP contribution is -2.47. The summed E-state index contributed by atoms with van der Waals surface area (Å²) in [6, 6.07) is 3.33. The summed E-state index contributed by atoms with van der Waals surface area (Å²) < 4.78 is 0. The van der Waals surface area contributed by atoms with Crippen molar-refractivity contribution >= 4 is 0 Å². The summed E-state index contributed by atoms with van der Waals surface area (Å²) in [5.74, 6) is 0. The van der Waals surface area contributed by atoms with Gasteiger partial charge in [0.2, 0.25) is 0 Å². The number of hydrogen-bond donors (Lipinski definition) is 1. The summed E-state index contributed by atoms with van der Waals surface area (Å²) >= 11 is 0. The molecule has 3 heteroatoms. The topological polar surface area (TPSA) is 39.1 Å². The van der Waals surface area contributed by atoms with Gasteiger partial charge in [-0.1, -0.05) is 19.8 Å². The fourth-order valence-corrected chi connectivity index (χ4v) is 2.36. The number of nitrogens with one attached hydrogen (secondary N) is 1. The van der Waals surface area contributed by atoms with Crippen LogP contribution in [0.25, 0.3) is 0 Å². The van der Waals surface area contributed by atoms with Crippen LogP contribution < -0.4 is 5.32 Å². The van der Waals surface area contributed by atoms with Crippen molar-refractivity contribution in [2.75, 3.05) is 13.1 Å². The van der Waals surface area contributed by atoms with Gasteiger partial charge in [0.05, 0.1) is 6.07 Å². The van der Waals surface area contributed by atoms with Crippen molar-refractivity contribution in [1.29, 1.82) is 5.26 Å². The molecule has 0 aromatic heterocycles. The average molecular weight is 267 g/mol. The molecule has 0 saturated carbocycles. The molecule has 0 aliphatic heterocycles. The molecule has 0 heterocycles. The van der Waals surface area contributed by atoms with Crippen LogP contribution in [0.1, 0.15) is 67.2 Å². The zero-order chi connectivity index (χ0) is 14.9. The zero-order valence-corrected chi connectivity index (χ0v) is 13.8. The molecule has 0 aromatic rings. The standard InChI is InChI=1S/C16H33N3/c1-7-8-9-11-19(15(4)5)12-10-16(6,13-17)18-14(2)3/h14-15,18H,7-12H2,1-6H3. The lowest BCUT2D eigenvalue weighted by molar-refractivity contribution is 0.195. The first kappa shape index (κ1) is 18.4. The highest BCUT2D eigenvalue weighted by atomic mass is 15.1. The minimum Gasteiger partial charge on any atom is -0.301 e. The van der Waals surface area contributed by atoms with Crippen LogP contribution in [0.2, 0.25) is 0 Å². The van der Waals surface area contributed by atoms with E-state index < -0.39 is 5.54 Å². The van der Waals surface area contributed by atoms with E-state index >= 15 is 0 Å². The average Bonchev–Trinajstić information content (AvgIpc) is 2.32. The SMILES string of the molecule is CCCCCN(CCC(C)(C#N)NC(C)C)C(C)C. The van der Waals surface area contributed by atoms with Crippen molar-refractivity contribution in [1.82, 2.24) is 10.2 Å². The minimum atomic E-state index is -0.411. The summed E-state index contributed by atoms with van der Waals surface area (Å²) in [5, 5.41) is 12.7. The summed E-state index contributed by atoms with van der Waals surface area (Å²) in [6.45, 7) is 15.1. The van der Waals surface area contributed by atoms with E-state index in [1.165, 1.54) is 19.3 Å². The van der Waals surface area contributed by atoms with Gasteiger partial charge in [-0.15, -0.1) is 0 Å². The lowest BCUT2D eigenvalue weighted by Gasteiger charge is -2.32. The molecule has 0 radical (unpaired) electrons. The van der Waals surface area contributed by atoms with Gasteiger partial charge in [-0.05, 0) is 54.0 Å². The number of unbranched alkanes of at least 4 members (excludes halogenated alkanes) is 2. The van der Waals surface area contributed by atoms with Gasteiger partial charge in [-0.3, -0.25) is 5.32 Å². The van der Waals surface area contributed by atoms with E-state index in [4.69, 9.17) is 0 Å². The van der Waals surface area contributed by atoms with Crippen molar-refractivity contribution in [3.05, 3.63) is 0 Å².